The lowest BCUT2D eigenvalue weighted by molar-refractivity contribution is -0.137. The molecule has 2 rings (SSSR count). The van der Waals surface area contributed by atoms with E-state index in [0.717, 1.165) is 12.1 Å². The first kappa shape index (κ1) is 21.7. The molecule has 1 aromatic carbocycles. The lowest BCUT2D eigenvalue weighted by atomic mass is 9.83. The number of ether oxygens (including phenoxy) is 1. The van der Waals surface area contributed by atoms with Crippen LogP contribution in [0.3, 0.4) is 0 Å². The second kappa shape index (κ2) is 8.87. The van der Waals surface area contributed by atoms with Crippen LogP contribution in [0.4, 0.5) is 13.2 Å². The molecule has 4 nitrogen and oxygen atoms in total. The summed E-state index contributed by atoms with van der Waals surface area (Å²) in [5.74, 6) is -0.285. The van der Waals surface area contributed by atoms with E-state index in [-0.39, 0.29) is 42.9 Å². The van der Waals surface area contributed by atoms with E-state index in [1.807, 2.05) is 0 Å². The van der Waals surface area contributed by atoms with Crippen molar-refractivity contribution >= 4 is 18.3 Å². The largest absolute Gasteiger partial charge is 0.416 e. The zero-order valence-electron chi connectivity index (χ0n) is 14.3. The van der Waals surface area contributed by atoms with Crippen molar-refractivity contribution in [2.24, 2.45) is 11.7 Å². The van der Waals surface area contributed by atoms with Crippen LogP contribution in [-0.4, -0.2) is 37.1 Å². The number of carbonyl (C=O) groups excluding carboxylic acids is 1. The third-order valence-electron chi connectivity index (χ3n) is 4.55. The van der Waals surface area contributed by atoms with Gasteiger partial charge in [0.25, 0.3) is 0 Å². The molecule has 1 saturated carbocycles. The average Bonchev–Trinajstić information content (AvgIpc) is 2.54. The Morgan fingerprint density at radius 1 is 1.36 bits per heavy atom. The Kier molecular flexibility index (Phi) is 7.71. The number of hydrogen-bond acceptors (Lipinski definition) is 3. The Labute approximate surface area is 151 Å². The summed E-state index contributed by atoms with van der Waals surface area (Å²) in [4.78, 5) is 14.0. The number of nitrogens with two attached hydrogens (primary N) is 1. The normalized spacial score (nSPS) is 23.7. The summed E-state index contributed by atoms with van der Waals surface area (Å²) in [5.41, 5.74) is 5.70. The van der Waals surface area contributed by atoms with Gasteiger partial charge in [0.15, 0.2) is 0 Å². The highest BCUT2D eigenvalue weighted by atomic mass is 35.5. The van der Waals surface area contributed by atoms with E-state index in [1.165, 1.54) is 11.0 Å². The van der Waals surface area contributed by atoms with Crippen molar-refractivity contribution in [3.63, 3.8) is 0 Å². The van der Waals surface area contributed by atoms with Crippen molar-refractivity contribution in [1.29, 1.82) is 0 Å². The van der Waals surface area contributed by atoms with Crippen molar-refractivity contribution in [1.82, 2.24) is 4.90 Å². The maximum Gasteiger partial charge on any atom is 0.416 e. The van der Waals surface area contributed by atoms with Gasteiger partial charge >= 0.3 is 6.18 Å². The fourth-order valence-corrected chi connectivity index (χ4v) is 3.16. The van der Waals surface area contributed by atoms with Crippen LogP contribution in [0.15, 0.2) is 24.3 Å². The van der Waals surface area contributed by atoms with E-state index in [9.17, 15) is 18.0 Å². The smallest absolute Gasteiger partial charge is 0.380 e. The van der Waals surface area contributed by atoms with Crippen molar-refractivity contribution in [3.8, 4) is 0 Å². The molecule has 0 aromatic heterocycles. The van der Waals surface area contributed by atoms with Gasteiger partial charge in [-0.15, -0.1) is 12.4 Å². The zero-order valence-corrected chi connectivity index (χ0v) is 15.1. The van der Waals surface area contributed by atoms with Crippen LogP contribution < -0.4 is 5.73 Å². The molecule has 0 bridgehead atoms. The van der Waals surface area contributed by atoms with Crippen LogP contribution in [0, 0.1) is 5.92 Å². The molecule has 1 amide bonds. The maximum atomic E-state index is 12.8. The summed E-state index contributed by atoms with van der Waals surface area (Å²) in [6.45, 7) is 0.142. The molecule has 142 valence electrons. The van der Waals surface area contributed by atoms with Crippen molar-refractivity contribution in [2.45, 2.75) is 44.1 Å². The molecule has 0 saturated heterocycles. The first-order valence-corrected chi connectivity index (χ1v) is 7.92. The van der Waals surface area contributed by atoms with Crippen LogP contribution in [0.5, 0.6) is 0 Å². The highest BCUT2D eigenvalue weighted by Gasteiger charge is 2.34. The molecule has 1 aromatic rings. The predicted octanol–water partition coefficient (Wildman–Crippen LogP) is 3.23. The molecule has 1 aliphatic rings. The predicted molar refractivity (Wildman–Crippen MR) is 91.3 cm³/mol. The van der Waals surface area contributed by atoms with Gasteiger partial charge < -0.3 is 15.4 Å². The van der Waals surface area contributed by atoms with E-state index < -0.39 is 11.7 Å². The monoisotopic (exact) mass is 380 g/mol. The molecule has 0 radical (unpaired) electrons. The van der Waals surface area contributed by atoms with Crippen LogP contribution in [0.2, 0.25) is 0 Å². The topological polar surface area (TPSA) is 55.6 Å². The number of hydrogen-bond donors (Lipinski definition) is 1. The molecular formula is C17H24ClF3N2O2. The zero-order chi connectivity index (χ0) is 17.9. The van der Waals surface area contributed by atoms with Gasteiger partial charge in [-0.3, -0.25) is 4.79 Å². The summed E-state index contributed by atoms with van der Waals surface area (Å²) in [6, 6.07) is 4.98. The second-order valence-electron chi connectivity index (χ2n) is 6.34. The van der Waals surface area contributed by atoms with Crippen LogP contribution in [-0.2, 0) is 22.3 Å². The van der Waals surface area contributed by atoms with E-state index in [4.69, 9.17) is 10.5 Å². The minimum atomic E-state index is -4.39. The third kappa shape index (κ3) is 5.59. The van der Waals surface area contributed by atoms with E-state index in [0.29, 0.717) is 24.8 Å². The molecule has 0 spiro atoms. The lowest BCUT2D eigenvalue weighted by Crippen LogP contribution is -2.45. The molecule has 3 atom stereocenters. The SMILES string of the molecule is CO[C@@H]1C[C@@H](C(=O)N(C)Cc2cccc(C(F)(F)F)c2)CC[C@H]1N.Cl. The Bertz CT molecular complexity index is 583. The fourth-order valence-electron chi connectivity index (χ4n) is 3.16. The minimum absolute atomic E-state index is 0. The summed E-state index contributed by atoms with van der Waals surface area (Å²) < 4.78 is 43.6. The van der Waals surface area contributed by atoms with Gasteiger partial charge in [0.1, 0.15) is 0 Å². The van der Waals surface area contributed by atoms with E-state index in [2.05, 4.69) is 0 Å². The van der Waals surface area contributed by atoms with Crippen LogP contribution in [0.1, 0.15) is 30.4 Å². The summed E-state index contributed by atoms with van der Waals surface area (Å²) in [6.07, 6.45) is -2.62. The fraction of sp³-hybridized carbons (Fsp3) is 0.588. The molecule has 1 fully saturated rings. The number of benzene rings is 1. The number of carbonyl (C=O) groups is 1. The number of amides is 1. The Hall–Kier alpha value is -1.31. The van der Waals surface area contributed by atoms with Gasteiger partial charge in [-0.05, 0) is 37.0 Å². The second-order valence-corrected chi connectivity index (χ2v) is 6.34. The quantitative estimate of drug-likeness (QED) is 0.872. The number of rotatable bonds is 4. The third-order valence-corrected chi connectivity index (χ3v) is 4.55. The summed E-state index contributed by atoms with van der Waals surface area (Å²) >= 11 is 0. The Balaban J connectivity index is 0.00000312. The molecule has 0 heterocycles. The Morgan fingerprint density at radius 3 is 2.64 bits per heavy atom. The highest BCUT2D eigenvalue weighted by molar-refractivity contribution is 5.85. The number of alkyl halides is 3. The van der Waals surface area contributed by atoms with Crippen molar-refractivity contribution in [2.75, 3.05) is 14.2 Å². The van der Waals surface area contributed by atoms with Crippen molar-refractivity contribution in [3.05, 3.63) is 35.4 Å². The average molecular weight is 381 g/mol. The number of halogens is 4. The molecule has 0 unspecified atom stereocenters. The van der Waals surface area contributed by atoms with Crippen LogP contribution >= 0.6 is 12.4 Å². The molecule has 8 heteroatoms. The van der Waals surface area contributed by atoms with Gasteiger partial charge in [-0.2, -0.15) is 13.2 Å². The standard InChI is InChI=1S/C17H23F3N2O2.ClH/c1-22(10-11-4-3-5-13(8-11)17(18,19)20)16(23)12-6-7-14(21)15(9-12)24-2;/h3-5,8,12,14-15H,6-7,9-10,21H2,1-2H3;1H/t12-,14+,15+;/m0./s1. The minimum Gasteiger partial charge on any atom is -0.380 e. The number of nitrogens with zero attached hydrogens (tertiary/aromatic N) is 1. The van der Waals surface area contributed by atoms with Gasteiger partial charge in [-0.1, -0.05) is 12.1 Å². The maximum absolute atomic E-state index is 12.8. The van der Waals surface area contributed by atoms with Crippen LogP contribution in [0.25, 0.3) is 0 Å². The van der Waals surface area contributed by atoms with Gasteiger partial charge in [0.2, 0.25) is 5.91 Å². The Morgan fingerprint density at radius 2 is 2.04 bits per heavy atom. The van der Waals surface area contributed by atoms with Gasteiger partial charge in [0, 0.05) is 32.7 Å². The first-order valence-electron chi connectivity index (χ1n) is 7.92. The number of methoxy groups -OCH3 is 1. The van der Waals surface area contributed by atoms with Gasteiger partial charge in [0.05, 0.1) is 11.7 Å². The first-order chi connectivity index (χ1) is 11.2. The molecule has 1 aliphatic carbocycles. The summed E-state index contributed by atoms with van der Waals surface area (Å²) in [5, 5.41) is 0. The van der Waals surface area contributed by atoms with Gasteiger partial charge in [-0.25, -0.2) is 0 Å². The van der Waals surface area contributed by atoms with E-state index in [1.54, 1.807) is 20.2 Å². The molecular weight excluding hydrogens is 357 g/mol. The summed E-state index contributed by atoms with van der Waals surface area (Å²) in [7, 11) is 3.18. The van der Waals surface area contributed by atoms with Crippen molar-refractivity contribution < 1.29 is 22.7 Å². The molecule has 0 aliphatic heterocycles. The highest BCUT2D eigenvalue weighted by Crippen LogP contribution is 2.30. The van der Waals surface area contributed by atoms with E-state index >= 15 is 0 Å². The lowest BCUT2D eigenvalue weighted by Gasteiger charge is -2.34. The molecule has 2 N–H and O–H groups in total. The molecule has 25 heavy (non-hydrogen) atoms.